The first-order valence-corrected chi connectivity index (χ1v) is 4.52. The first-order valence-electron chi connectivity index (χ1n) is 4.52. The number of urea groups is 1. The van der Waals surface area contributed by atoms with Gasteiger partial charge in [0.05, 0.1) is 12.6 Å². The molecule has 0 bridgehead atoms. The van der Waals surface area contributed by atoms with Crippen LogP contribution in [-0.4, -0.2) is 44.8 Å². The van der Waals surface area contributed by atoms with Gasteiger partial charge in [0.25, 0.3) is 0 Å². The molecule has 0 radical (unpaired) electrons. The maximum absolute atomic E-state index is 11.2. The Morgan fingerprint density at radius 2 is 2.50 bits per heavy atom. The van der Waals surface area contributed by atoms with Gasteiger partial charge >= 0.3 is 6.03 Å². The maximum Gasteiger partial charge on any atom is 0.315 e. The van der Waals surface area contributed by atoms with Crippen molar-refractivity contribution in [3.8, 4) is 0 Å². The minimum atomic E-state index is -0.261. The summed E-state index contributed by atoms with van der Waals surface area (Å²) in [5.74, 6) is -0.0211. The van der Waals surface area contributed by atoms with E-state index in [1.165, 1.54) is 0 Å². The van der Waals surface area contributed by atoms with Gasteiger partial charge in [-0.3, -0.25) is 4.79 Å². The highest BCUT2D eigenvalue weighted by Gasteiger charge is 2.22. The van der Waals surface area contributed by atoms with Crippen LogP contribution in [0.1, 0.15) is 6.42 Å². The highest BCUT2D eigenvalue weighted by atomic mass is 16.5. The molecule has 0 aromatic carbocycles. The van der Waals surface area contributed by atoms with Crippen molar-refractivity contribution in [3.63, 3.8) is 0 Å². The van der Waals surface area contributed by atoms with Crippen LogP contribution in [0.15, 0.2) is 0 Å². The molecule has 80 valence electrons. The fraction of sp³-hybridized carbons (Fsp3) is 0.750. The van der Waals surface area contributed by atoms with Gasteiger partial charge < -0.3 is 20.7 Å². The highest BCUT2D eigenvalue weighted by Crippen LogP contribution is 1.97. The van der Waals surface area contributed by atoms with Crippen molar-refractivity contribution in [2.75, 3.05) is 26.8 Å². The van der Waals surface area contributed by atoms with Crippen molar-refractivity contribution in [2.45, 2.75) is 12.5 Å². The van der Waals surface area contributed by atoms with Gasteiger partial charge in [0, 0.05) is 26.6 Å². The van der Waals surface area contributed by atoms with Crippen LogP contribution in [0.5, 0.6) is 0 Å². The van der Waals surface area contributed by atoms with E-state index in [0.717, 1.165) is 0 Å². The Morgan fingerprint density at radius 3 is 3.07 bits per heavy atom. The molecule has 6 heteroatoms. The van der Waals surface area contributed by atoms with Crippen LogP contribution in [0.25, 0.3) is 0 Å². The Bertz CT molecular complexity index is 220. The highest BCUT2D eigenvalue weighted by molar-refractivity contribution is 5.81. The number of nitrogens with one attached hydrogen (secondary N) is 3. The number of rotatable bonds is 4. The fourth-order valence-electron chi connectivity index (χ4n) is 1.21. The molecule has 3 amide bonds. The minimum Gasteiger partial charge on any atom is -0.383 e. The molecule has 14 heavy (non-hydrogen) atoms. The normalized spacial score (nSPS) is 20.4. The number of methoxy groups -OCH3 is 1. The molecule has 0 aromatic rings. The number of ether oxygens (including phenoxy) is 1. The quantitative estimate of drug-likeness (QED) is 0.501. The molecule has 1 aliphatic heterocycles. The van der Waals surface area contributed by atoms with E-state index in [1.54, 1.807) is 7.11 Å². The van der Waals surface area contributed by atoms with Crippen LogP contribution >= 0.6 is 0 Å². The SMILES string of the molecule is COCCNC(=O)NC1CNC(=O)C1. The van der Waals surface area contributed by atoms with Gasteiger partial charge in [0.1, 0.15) is 0 Å². The van der Waals surface area contributed by atoms with Gasteiger partial charge in [-0.05, 0) is 0 Å². The molecule has 1 aliphatic rings. The standard InChI is InChI=1S/C8H15N3O3/c1-14-3-2-9-8(13)11-6-4-7(12)10-5-6/h6H,2-5H2,1H3,(H,10,12)(H2,9,11,13). The van der Waals surface area contributed by atoms with Crippen LogP contribution in [0, 0.1) is 0 Å². The lowest BCUT2D eigenvalue weighted by Crippen LogP contribution is -2.43. The van der Waals surface area contributed by atoms with E-state index in [0.29, 0.717) is 26.1 Å². The Morgan fingerprint density at radius 1 is 1.71 bits per heavy atom. The molecule has 3 N–H and O–H groups in total. The molecular weight excluding hydrogens is 186 g/mol. The summed E-state index contributed by atoms with van der Waals surface area (Å²) in [5.41, 5.74) is 0. The summed E-state index contributed by atoms with van der Waals surface area (Å²) in [6.07, 6.45) is 0.359. The van der Waals surface area contributed by atoms with Gasteiger partial charge in [-0.2, -0.15) is 0 Å². The molecule has 1 rings (SSSR count). The van der Waals surface area contributed by atoms with E-state index in [-0.39, 0.29) is 18.0 Å². The summed E-state index contributed by atoms with van der Waals surface area (Å²) in [4.78, 5) is 22.0. The molecule has 0 saturated carbocycles. The van der Waals surface area contributed by atoms with Gasteiger partial charge in [-0.15, -0.1) is 0 Å². The zero-order chi connectivity index (χ0) is 10.4. The van der Waals surface area contributed by atoms with Crippen LogP contribution < -0.4 is 16.0 Å². The van der Waals surface area contributed by atoms with Crippen LogP contribution in [0.2, 0.25) is 0 Å². The summed E-state index contributed by atoms with van der Waals surface area (Å²) in [5, 5.41) is 7.93. The first kappa shape index (κ1) is 10.8. The Balaban J connectivity index is 2.11. The number of carbonyl (C=O) groups is 2. The van der Waals surface area contributed by atoms with Gasteiger partial charge in [0.15, 0.2) is 0 Å². The van der Waals surface area contributed by atoms with Crippen molar-refractivity contribution in [3.05, 3.63) is 0 Å². The smallest absolute Gasteiger partial charge is 0.315 e. The summed E-state index contributed by atoms with van der Waals surface area (Å²) < 4.78 is 4.77. The summed E-state index contributed by atoms with van der Waals surface area (Å²) in [6.45, 7) is 1.46. The Labute approximate surface area is 82.4 Å². The molecule has 0 spiro atoms. The second-order valence-corrected chi connectivity index (χ2v) is 3.10. The average Bonchev–Trinajstić information content (AvgIpc) is 2.52. The van der Waals surface area contributed by atoms with Crippen molar-refractivity contribution in [2.24, 2.45) is 0 Å². The van der Waals surface area contributed by atoms with Crippen molar-refractivity contribution >= 4 is 11.9 Å². The molecule has 0 aromatic heterocycles. The number of amides is 3. The lowest BCUT2D eigenvalue weighted by Gasteiger charge is -2.11. The molecule has 0 aliphatic carbocycles. The van der Waals surface area contributed by atoms with E-state index in [9.17, 15) is 9.59 Å². The second-order valence-electron chi connectivity index (χ2n) is 3.10. The molecule has 1 unspecified atom stereocenters. The fourth-order valence-corrected chi connectivity index (χ4v) is 1.21. The molecule has 1 atom stereocenters. The predicted molar refractivity (Wildman–Crippen MR) is 49.8 cm³/mol. The third-order valence-corrected chi connectivity index (χ3v) is 1.90. The molecule has 1 fully saturated rings. The third-order valence-electron chi connectivity index (χ3n) is 1.90. The zero-order valence-corrected chi connectivity index (χ0v) is 8.13. The predicted octanol–water partition coefficient (Wildman–Crippen LogP) is -1.18. The third kappa shape index (κ3) is 3.61. The lowest BCUT2D eigenvalue weighted by atomic mass is 10.3. The largest absolute Gasteiger partial charge is 0.383 e. The van der Waals surface area contributed by atoms with E-state index in [2.05, 4.69) is 16.0 Å². The van der Waals surface area contributed by atoms with Crippen LogP contribution in [-0.2, 0) is 9.53 Å². The van der Waals surface area contributed by atoms with E-state index < -0.39 is 0 Å². The first-order chi connectivity index (χ1) is 6.72. The van der Waals surface area contributed by atoms with E-state index >= 15 is 0 Å². The van der Waals surface area contributed by atoms with Crippen LogP contribution in [0.4, 0.5) is 4.79 Å². The number of hydrogen-bond acceptors (Lipinski definition) is 3. The molecule has 6 nitrogen and oxygen atoms in total. The van der Waals surface area contributed by atoms with Gasteiger partial charge in [-0.1, -0.05) is 0 Å². The lowest BCUT2D eigenvalue weighted by molar-refractivity contribution is -0.119. The summed E-state index contributed by atoms with van der Waals surface area (Å²) >= 11 is 0. The van der Waals surface area contributed by atoms with Crippen molar-refractivity contribution < 1.29 is 14.3 Å². The maximum atomic E-state index is 11.2. The monoisotopic (exact) mass is 201 g/mol. The summed E-state index contributed by atoms with van der Waals surface area (Å²) in [7, 11) is 1.57. The topological polar surface area (TPSA) is 79.5 Å². The molecule has 1 saturated heterocycles. The van der Waals surface area contributed by atoms with E-state index in [4.69, 9.17) is 4.74 Å². The van der Waals surface area contributed by atoms with Crippen molar-refractivity contribution in [1.29, 1.82) is 0 Å². The number of hydrogen-bond donors (Lipinski definition) is 3. The van der Waals surface area contributed by atoms with Gasteiger partial charge in [0.2, 0.25) is 5.91 Å². The molecular formula is C8H15N3O3. The zero-order valence-electron chi connectivity index (χ0n) is 8.13. The van der Waals surface area contributed by atoms with E-state index in [1.807, 2.05) is 0 Å². The second kappa shape index (κ2) is 5.43. The van der Waals surface area contributed by atoms with Crippen molar-refractivity contribution in [1.82, 2.24) is 16.0 Å². The average molecular weight is 201 g/mol. The Hall–Kier alpha value is -1.30. The Kier molecular flexibility index (Phi) is 4.18. The minimum absolute atomic E-state index is 0.0211. The summed E-state index contributed by atoms with van der Waals surface area (Å²) in [6, 6.07) is -0.353. The van der Waals surface area contributed by atoms with Crippen LogP contribution in [0.3, 0.4) is 0 Å². The number of carbonyl (C=O) groups excluding carboxylic acids is 2. The molecule has 1 heterocycles. The van der Waals surface area contributed by atoms with Gasteiger partial charge in [-0.25, -0.2) is 4.79 Å².